The average Bonchev–Trinajstić information content (AvgIpc) is 3.24. The van der Waals surface area contributed by atoms with Crippen molar-refractivity contribution in [3.8, 4) is 0 Å². The van der Waals surface area contributed by atoms with Gasteiger partial charge in [0, 0.05) is 51.4 Å². The van der Waals surface area contributed by atoms with E-state index in [9.17, 15) is 17.6 Å². The lowest BCUT2D eigenvalue weighted by atomic mass is 10.2. The first-order chi connectivity index (χ1) is 15.9. The number of hydrogen-bond acceptors (Lipinski definition) is 5. The molecule has 2 heterocycles. The summed E-state index contributed by atoms with van der Waals surface area (Å²) < 4.78 is 46.6. The van der Waals surface area contributed by atoms with Crippen LogP contribution in [0.1, 0.15) is 35.2 Å². The summed E-state index contributed by atoms with van der Waals surface area (Å²) in [6, 6.07) is 12.7. The Morgan fingerprint density at radius 3 is 2.64 bits per heavy atom. The molecule has 178 valence electrons. The summed E-state index contributed by atoms with van der Waals surface area (Å²) in [6.07, 6.45) is 2.50. The largest absolute Gasteiger partial charge is 0.377 e. The molecule has 33 heavy (non-hydrogen) atoms. The third kappa shape index (κ3) is 6.38. The smallest absolute Gasteiger partial charge is 0.253 e. The highest BCUT2D eigenvalue weighted by Gasteiger charge is 2.24. The number of hydrogen-bond donors (Lipinski definition) is 1. The number of carbonyl (C=O) groups is 1. The summed E-state index contributed by atoms with van der Waals surface area (Å²) in [5.41, 5.74) is 1.39. The van der Waals surface area contributed by atoms with Crippen molar-refractivity contribution in [3.05, 3.63) is 65.5 Å². The summed E-state index contributed by atoms with van der Waals surface area (Å²) >= 11 is 0. The van der Waals surface area contributed by atoms with Crippen molar-refractivity contribution in [3.63, 3.8) is 0 Å². The molecule has 0 aromatic heterocycles. The zero-order valence-corrected chi connectivity index (χ0v) is 19.4. The minimum Gasteiger partial charge on any atom is -0.377 e. The van der Waals surface area contributed by atoms with Gasteiger partial charge in [-0.2, -0.15) is 0 Å². The van der Waals surface area contributed by atoms with Gasteiger partial charge in [-0.25, -0.2) is 17.5 Å². The van der Waals surface area contributed by atoms with Crippen molar-refractivity contribution < 1.29 is 22.3 Å². The third-order valence-electron chi connectivity index (χ3n) is 6.11. The molecule has 0 aliphatic carbocycles. The van der Waals surface area contributed by atoms with E-state index in [0.29, 0.717) is 38.3 Å². The maximum atomic E-state index is 13.1. The predicted octanol–water partition coefficient (Wildman–Crippen LogP) is 2.63. The first-order valence-electron chi connectivity index (χ1n) is 11.4. The molecule has 1 atom stereocenters. The Balaban J connectivity index is 1.37. The highest BCUT2D eigenvalue weighted by atomic mass is 32.2. The van der Waals surface area contributed by atoms with E-state index in [1.807, 2.05) is 0 Å². The van der Waals surface area contributed by atoms with E-state index in [2.05, 4.69) is 9.62 Å². The van der Waals surface area contributed by atoms with Gasteiger partial charge in [0.1, 0.15) is 5.82 Å². The summed E-state index contributed by atoms with van der Waals surface area (Å²) in [4.78, 5) is 17.2. The number of nitrogens with zero attached hydrogens (tertiary/aromatic N) is 2. The van der Waals surface area contributed by atoms with Crippen molar-refractivity contribution >= 4 is 15.9 Å². The van der Waals surface area contributed by atoms with Crippen molar-refractivity contribution in [2.45, 2.75) is 36.8 Å². The lowest BCUT2D eigenvalue weighted by molar-refractivity contribution is 0.0761. The van der Waals surface area contributed by atoms with E-state index in [-0.39, 0.29) is 29.3 Å². The third-order valence-corrected chi connectivity index (χ3v) is 7.53. The molecule has 0 bridgehead atoms. The van der Waals surface area contributed by atoms with Crippen LogP contribution in [-0.2, 0) is 21.3 Å². The van der Waals surface area contributed by atoms with E-state index in [1.165, 1.54) is 24.3 Å². The fourth-order valence-electron chi connectivity index (χ4n) is 4.25. The molecule has 2 saturated heterocycles. The van der Waals surface area contributed by atoms with E-state index in [4.69, 9.17) is 4.74 Å². The maximum absolute atomic E-state index is 13.1. The first-order valence-corrected chi connectivity index (χ1v) is 12.9. The number of halogens is 1. The highest BCUT2D eigenvalue weighted by Crippen LogP contribution is 2.17. The van der Waals surface area contributed by atoms with Gasteiger partial charge in [-0.05, 0) is 55.2 Å². The Hall–Kier alpha value is -2.33. The molecule has 0 spiro atoms. The number of sulfonamides is 1. The molecule has 2 fully saturated rings. The quantitative estimate of drug-likeness (QED) is 0.666. The second kappa shape index (κ2) is 10.7. The second-order valence-corrected chi connectivity index (χ2v) is 10.3. The second-order valence-electron chi connectivity index (χ2n) is 8.56. The first kappa shape index (κ1) is 23.8. The van der Waals surface area contributed by atoms with E-state index >= 15 is 0 Å². The molecule has 2 aliphatic heterocycles. The van der Waals surface area contributed by atoms with Gasteiger partial charge in [0.15, 0.2) is 0 Å². The molecule has 1 unspecified atom stereocenters. The number of amides is 1. The Morgan fingerprint density at radius 2 is 1.88 bits per heavy atom. The zero-order chi connectivity index (χ0) is 23.3. The van der Waals surface area contributed by atoms with Crippen LogP contribution in [0.2, 0.25) is 0 Å². The minimum atomic E-state index is -3.72. The Labute approximate surface area is 194 Å². The van der Waals surface area contributed by atoms with E-state index < -0.39 is 10.0 Å². The van der Waals surface area contributed by atoms with Crippen LogP contribution in [0, 0.1) is 5.82 Å². The Bertz CT molecular complexity index is 1060. The standard InChI is InChI=1S/C24H30FN3O4S/c25-21-9-7-19(8-10-21)18-27-11-3-12-28(14-13-27)24(29)20-4-1-6-23(16-20)33(30,31)26-17-22-5-2-15-32-22/h1,4,6-10,16,22,26H,2-3,5,11-15,17-18H2. The van der Waals surface area contributed by atoms with Gasteiger partial charge >= 0.3 is 0 Å². The van der Waals surface area contributed by atoms with Crippen LogP contribution in [0.4, 0.5) is 4.39 Å². The van der Waals surface area contributed by atoms with Crippen LogP contribution >= 0.6 is 0 Å². The minimum absolute atomic E-state index is 0.0825. The van der Waals surface area contributed by atoms with Crippen molar-refractivity contribution in [2.24, 2.45) is 0 Å². The molecule has 4 rings (SSSR count). The van der Waals surface area contributed by atoms with Crippen LogP contribution in [-0.4, -0.2) is 69.6 Å². The molecule has 0 saturated carbocycles. The van der Waals surface area contributed by atoms with Crippen LogP contribution in [0.25, 0.3) is 0 Å². The number of benzene rings is 2. The number of nitrogens with one attached hydrogen (secondary N) is 1. The van der Waals surface area contributed by atoms with Crippen LogP contribution < -0.4 is 4.72 Å². The Kier molecular flexibility index (Phi) is 7.75. The monoisotopic (exact) mass is 475 g/mol. The molecule has 2 aromatic carbocycles. The predicted molar refractivity (Wildman–Crippen MR) is 123 cm³/mol. The zero-order valence-electron chi connectivity index (χ0n) is 18.6. The summed E-state index contributed by atoms with van der Waals surface area (Å²) in [7, 11) is -3.72. The van der Waals surface area contributed by atoms with Gasteiger partial charge in [-0.1, -0.05) is 18.2 Å². The van der Waals surface area contributed by atoms with Gasteiger partial charge in [0.05, 0.1) is 11.0 Å². The molecular weight excluding hydrogens is 445 g/mol. The van der Waals surface area contributed by atoms with Gasteiger partial charge < -0.3 is 9.64 Å². The van der Waals surface area contributed by atoms with Crippen molar-refractivity contribution in [1.82, 2.24) is 14.5 Å². The summed E-state index contributed by atoms with van der Waals surface area (Å²) in [6.45, 7) is 4.28. The van der Waals surface area contributed by atoms with Crippen LogP contribution in [0.5, 0.6) is 0 Å². The lowest BCUT2D eigenvalue weighted by Crippen LogP contribution is -2.35. The fraction of sp³-hybridized carbons (Fsp3) is 0.458. The summed E-state index contributed by atoms with van der Waals surface area (Å²) in [5, 5.41) is 0. The molecule has 1 N–H and O–H groups in total. The molecule has 0 radical (unpaired) electrons. The molecule has 7 nitrogen and oxygen atoms in total. The van der Waals surface area contributed by atoms with Crippen molar-refractivity contribution in [2.75, 3.05) is 39.3 Å². The molecule has 2 aromatic rings. The molecular formula is C24H30FN3O4S. The lowest BCUT2D eigenvalue weighted by Gasteiger charge is -2.22. The SMILES string of the molecule is O=C(c1cccc(S(=O)(=O)NCC2CCCO2)c1)N1CCCN(Cc2ccc(F)cc2)CC1. The van der Waals surface area contributed by atoms with Gasteiger partial charge in [0.2, 0.25) is 10.0 Å². The number of ether oxygens (including phenoxy) is 1. The maximum Gasteiger partial charge on any atom is 0.253 e. The molecule has 9 heteroatoms. The fourth-order valence-corrected chi connectivity index (χ4v) is 5.36. The summed E-state index contributed by atoms with van der Waals surface area (Å²) in [5.74, 6) is -0.424. The normalized spacial score (nSPS) is 20.0. The number of carbonyl (C=O) groups excluding carboxylic acids is 1. The highest BCUT2D eigenvalue weighted by molar-refractivity contribution is 7.89. The Morgan fingerprint density at radius 1 is 1.06 bits per heavy atom. The average molecular weight is 476 g/mol. The van der Waals surface area contributed by atoms with Crippen molar-refractivity contribution in [1.29, 1.82) is 0 Å². The topological polar surface area (TPSA) is 78.9 Å². The van der Waals surface area contributed by atoms with Gasteiger partial charge in [0.25, 0.3) is 5.91 Å². The van der Waals surface area contributed by atoms with E-state index in [0.717, 1.165) is 31.4 Å². The molecule has 2 aliphatic rings. The van der Waals surface area contributed by atoms with Gasteiger partial charge in [-0.15, -0.1) is 0 Å². The van der Waals surface area contributed by atoms with E-state index in [1.54, 1.807) is 29.2 Å². The van der Waals surface area contributed by atoms with Crippen LogP contribution in [0.15, 0.2) is 53.4 Å². The van der Waals surface area contributed by atoms with Crippen LogP contribution in [0.3, 0.4) is 0 Å². The van der Waals surface area contributed by atoms with Gasteiger partial charge in [-0.3, -0.25) is 9.69 Å². The number of rotatable bonds is 7. The molecule has 1 amide bonds.